The second-order valence-electron chi connectivity index (χ2n) is 3.85. The molecule has 2 aromatic heterocycles. The highest BCUT2D eigenvalue weighted by atomic mass is 32.1. The molecule has 0 aliphatic carbocycles. The summed E-state index contributed by atoms with van der Waals surface area (Å²) in [5.74, 6) is 0. The average Bonchev–Trinajstić information content (AvgIpc) is 2.75. The molecule has 0 radical (unpaired) electrons. The summed E-state index contributed by atoms with van der Waals surface area (Å²) in [6, 6.07) is 3.75. The molecule has 0 unspecified atom stereocenters. The predicted octanol–water partition coefficient (Wildman–Crippen LogP) is 2.14. The molecule has 0 saturated carbocycles. The maximum atomic E-state index is 5.54. The maximum absolute atomic E-state index is 5.54. The van der Waals surface area contributed by atoms with Gasteiger partial charge in [-0.1, -0.05) is 12.2 Å². The second kappa shape index (κ2) is 5.88. The van der Waals surface area contributed by atoms with Crippen LogP contribution in [0.5, 0.6) is 0 Å². The molecule has 2 aromatic rings. The summed E-state index contributed by atoms with van der Waals surface area (Å²) in [6.07, 6.45) is 2.60. The van der Waals surface area contributed by atoms with Gasteiger partial charge in [-0.05, 0) is 19.1 Å². The van der Waals surface area contributed by atoms with E-state index in [1.807, 2.05) is 19.1 Å². The van der Waals surface area contributed by atoms with Crippen molar-refractivity contribution < 1.29 is 0 Å². The van der Waals surface area contributed by atoms with Crippen LogP contribution in [0.25, 0.3) is 0 Å². The number of thiazole rings is 1. The largest absolute Gasteiger partial charge is 0.388 e. The Kier molecular flexibility index (Phi) is 4.22. The van der Waals surface area contributed by atoms with Crippen molar-refractivity contribution in [2.45, 2.75) is 13.3 Å². The van der Waals surface area contributed by atoms with Crippen LogP contribution in [0.4, 0.5) is 5.69 Å². The van der Waals surface area contributed by atoms with Crippen molar-refractivity contribution in [3.05, 3.63) is 40.1 Å². The fraction of sp³-hybridized carbons (Fsp3) is 0.250. The molecule has 3 N–H and O–H groups in total. The number of nitrogens with zero attached hydrogens (tertiary/aromatic N) is 2. The zero-order chi connectivity index (χ0) is 13.0. The lowest BCUT2D eigenvalue weighted by Gasteiger charge is -2.06. The Hall–Kier alpha value is -1.53. The summed E-state index contributed by atoms with van der Waals surface area (Å²) >= 11 is 6.58. The van der Waals surface area contributed by atoms with Crippen molar-refractivity contribution in [2.24, 2.45) is 5.73 Å². The van der Waals surface area contributed by atoms with E-state index >= 15 is 0 Å². The minimum Gasteiger partial charge on any atom is -0.388 e. The average molecular weight is 278 g/mol. The van der Waals surface area contributed by atoms with E-state index in [0.717, 1.165) is 29.4 Å². The van der Waals surface area contributed by atoms with Crippen LogP contribution in [0.1, 0.15) is 16.4 Å². The lowest BCUT2D eigenvalue weighted by atomic mass is 10.3. The Morgan fingerprint density at radius 2 is 2.39 bits per heavy atom. The van der Waals surface area contributed by atoms with Crippen LogP contribution in [-0.4, -0.2) is 21.5 Å². The van der Waals surface area contributed by atoms with Crippen LogP contribution < -0.4 is 11.1 Å². The number of nitrogens with two attached hydrogens (primary N) is 1. The third-order valence-corrected chi connectivity index (χ3v) is 3.58. The van der Waals surface area contributed by atoms with Crippen molar-refractivity contribution in [2.75, 3.05) is 11.9 Å². The normalized spacial score (nSPS) is 10.3. The molecule has 18 heavy (non-hydrogen) atoms. The van der Waals surface area contributed by atoms with Crippen LogP contribution in [0.3, 0.4) is 0 Å². The maximum Gasteiger partial charge on any atom is 0.122 e. The van der Waals surface area contributed by atoms with Gasteiger partial charge in [-0.2, -0.15) is 0 Å². The smallest absolute Gasteiger partial charge is 0.122 e. The van der Waals surface area contributed by atoms with Gasteiger partial charge in [0, 0.05) is 35.9 Å². The summed E-state index contributed by atoms with van der Waals surface area (Å²) in [4.78, 5) is 8.82. The number of hydrogen-bond acceptors (Lipinski definition) is 5. The first-order chi connectivity index (χ1) is 8.65. The van der Waals surface area contributed by atoms with Gasteiger partial charge in [0.05, 0.1) is 10.7 Å². The summed E-state index contributed by atoms with van der Waals surface area (Å²) in [7, 11) is 0. The van der Waals surface area contributed by atoms with Gasteiger partial charge >= 0.3 is 0 Å². The third kappa shape index (κ3) is 3.48. The van der Waals surface area contributed by atoms with Crippen molar-refractivity contribution in [1.29, 1.82) is 0 Å². The van der Waals surface area contributed by atoms with E-state index in [1.165, 1.54) is 0 Å². The fourth-order valence-corrected chi connectivity index (χ4v) is 2.39. The zero-order valence-corrected chi connectivity index (χ0v) is 11.6. The zero-order valence-electron chi connectivity index (χ0n) is 10.0. The minimum atomic E-state index is 0.314. The van der Waals surface area contributed by atoms with Gasteiger partial charge < -0.3 is 11.1 Å². The lowest BCUT2D eigenvalue weighted by Crippen LogP contribution is -2.12. The van der Waals surface area contributed by atoms with Crippen LogP contribution in [-0.2, 0) is 6.42 Å². The van der Waals surface area contributed by atoms with Gasteiger partial charge in [-0.3, -0.25) is 4.98 Å². The number of pyridine rings is 1. The highest BCUT2D eigenvalue weighted by molar-refractivity contribution is 7.80. The molecule has 0 spiro atoms. The molecule has 0 aliphatic heterocycles. The standard InChI is InChI=1S/C12H14N4S2/c1-8-7-18-11(16-8)3-5-14-9-2-4-15-10(6-9)12(13)17/h2,4,6-7H,3,5H2,1H3,(H2,13,17)(H,14,15). The molecule has 0 aromatic carbocycles. The molecule has 0 atom stereocenters. The first-order valence-electron chi connectivity index (χ1n) is 5.56. The Bertz CT molecular complexity index is 551. The first kappa shape index (κ1) is 12.9. The SMILES string of the molecule is Cc1csc(CCNc2ccnc(C(N)=S)c2)n1. The lowest BCUT2D eigenvalue weighted by molar-refractivity contribution is 0.986. The summed E-state index contributed by atoms with van der Waals surface area (Å²) < 4.78 is 0. The summed E-state index contributed by atoms with van der Waals surface area (Å²) in [5.41, 5.74) is 8.23. The second-order valence-corrected chi connectivity index (χ2v) is 5.24. The minimum absolute atomic E-state index is 0.314. The molecule has 0 bridgehead atoms. The van der Waals surface area contributed by atoms with Crippen molar-refractivity contribution >= 4 is 34.2 Å². The van der Waals surface area contributed by atoms with Crippen LogP contribution in [0.2, 0.25) is 0 Å². The number of hydrogen-bond donors (Lipinski definition) is 2. The van der Waals surface area contributed by atoms with E-state index in [9.17, 15) is 0 Å². The number of thiocarbonyl (C=S) groups is 1. The highest BCUT2D eigenvalue weighted by Crippen LogP contribution is 2.11. The first-order valence-corrected chi connectivity index (χ1v) is 6.84. The van der Waals surface area contributed by atoms with Gasteiger partial charge in [-0.25, -0.2) is 4.98 Å². The Morgan fingerprint density at radius 1 is 1.56 bits per heavy atom. The Balaban J connectivity index is 1.90. The molecule has 2 heterocycles. The van der Waals surface area contributed by atoms with Gasteiger partial charge in [0.2, 0.25) is 0 Å². The van der Waals surface area contributed by atoms with Crippen molar-refractivity contribution in [3.8, 4) is 0 Å². The van der Waals surface area contributed by atoms with E-state index in [-0.39, 0.29) is 0 Å². The monoisotopic (exact) mass is 278 g/mol. The molecular weight excluding hydrogens is 264 g/mol. The van der Waals surface area contributed by atoms with E-state index in [2.05, 4.69) is 20.7 Å². The molecular formula is C12H14N4S2. The number of aryl methyl sites for hydroxylation is 1. The molecule has 94 valence electrons. The number of rotatable bonds is 5. The number of anilines is 1. The number of nitrogens with one attached hydrogen (secondary N) is 1. The molecule has 0 saturated heterocycles. The predicted molar refractivity (Wildman–Crippen MR) is 79.2 cm³/mol. The van der Waals surface area contributed by atoms with Crippen LogP contribution >= 0.6 is 23.6 Å². The molecule has 2 rings (SSSR count). The third-order valence-electron chi connectivity index (χ3n) is 2.35. The van der Waals surface area contributed by atoms with Gasteiger partial charge in [0.15, 0.2) is 0 Å². The van der Waals surface area contributed by atoms with Crippen molar-refractivity contribution in [3.63, 3.8) is 0 Å². The van der Waals surface area contributed by atoms with Gasteiger partial charge in [0.1, 0.15) is 4.99 Å². The van der Waals surface area contributed by atoms with E-state index in [1.54, 1.807) is 17.5 Å². The molecule has 0 amide bonds. The summed E-state index contributed by atoms with van der Waals surface area (Å²) in [6.45, 7) is 2.83. The summed E-state index contributed by atoms with van der Waals surface area (Å²) in [5, 5.41) is 6.51. The van der Waals surface area contributed by atoms with E-state index in [4.69, 9.17) is 18.0 Å². The van der Waals surface area contributed by atoms with Crippen LogP contribution in [0, 0.1) is 6.92 Å². The van der Waals surface area contributed by atoms with E-state index in [0.29, 0.717) is 10.7 Å². The topological polar surface area (TPSA) is 63.8 Å². The Labute approximate surface area is 115 Å². The van der Waals surface area contributed by atoms with Crippen molar-refractivity contribution in [1.82, 2.24) is 9.97 Å². The fourth-order valence-electron chi connectivity index (χ4n) is 1.51. The van der Waals surface area contributed by atoms with E-state index < -0.39 is 0 Å². The molecule has 6 heteroatoms. The van der Waals surface area contributed by atoms with Crippen LogP contribution in [0.15, 0.2) is 23.7 Å². The molecule has 4 nitrogen and oxygen atoms in total. The van der Waals surface area contributed by atoms with Gasteiger partial charge in [-0.15, -0.1) is 11.3 Å². The molecule has 0 aliphatic rings. The quantitative estimate of drug-likeness (QED) is 0.820. The molecule has 0 fully saturated rings. The highest BCUT2D eigenvalue weighted by Gasteiger charge is 2.01. The number of aromatic nitrogens is 2. The Morgan fingerprint density at radius 3 is 3.06 bits per heavy atom. The van der Waals surface area contributed by atoms with Gasteiger partial charge in [0.25, 0.3) is 0 Å².